The number of nitrogens with zero attached hydrogens (tertiary/aromatic N) is 2. The zero-order valence-electron chi connectivity index (χ0n) is 16.4. The topological polar surface area (TPSA) is 75.2 Å². The van der Waals surface area contributed by atoms with E-state index in [4.69, 9.17) is 9.47 Å². The van der Waals surface area contributed by atoms with Crippen molar-refractivity contribution in [2.24, 2.45) is 4.99 Å². The zero-order chi connectivity index (χ0) is 19.2. The second kappa shape index (κ2) is 8.78. The fourth-order valence-electron chi connectivity index (χ4n) is 2.50. The molecule has 0 saturated heterocycles. The molecule has 0 aliphatic carbocycles. The van der Waals surface area contributed by atoms with Crippen molar-refractivity contribution in [2.45, 2.75) is 26.2 Å². The van der Waals surface area contributed by atoms with Crippen molar-refractivity contribution in [3.05, 3.63) is 23.8 Å². The van der Waals surface area contributed by atoms with Crippen molar-refractivity contribution < 1.29 is 14.3 Å². The van der Waals surface area contributed by atoms with Gasteiger partial charge in [0, 0.05) is 32.6 Å². The van der Waals surface area contributed by atoms with Crippen molar-refractivity contribution in [3.8, 4) is 11.5 Å². The number of hydrogen-bond acceptors (Lipinski definition) is 4. The highest BCUT2D eigenvalue weighted by molar-refractivity contribution is 5.84. The van der Waals surface area contributed by atoms with E-state index in [1.807, 2.05) is 19.1 Å². The van der Waals surface area contributed by atoms with E-state index in [0.29, 0.717) is 25.7 Å². The summed E-state index contributed by atoms with van der Waals surface area (Å²) in [6.07, 6.45) is 0. The fraction of sp³-hybridized carbons (Fsp3) is 0.579. The summed E-state index contributed by atoms with van der Waals surface area (Å²) in [5, 5.41) is 6.50. The third-order valence-corrected chi connectivity index (χ3v) is 4.24. The number of guanidine groups is 1. The summed E-state index contributed by atoms with van der Waals surface area (Å²) in [5.74, 6) is 2.18. The van der Waals surface area contributed by atoms with Gasteiger partial charge in [0.05, 0.1) is 0 Å². The molecule has 7 nitrogen and oxygen atoms in total. The number of amides is 1. The summed E-state index contributed by atoms with van der Waals surface area (Å²) in [6, 6.07) is 6.06. The van der Waals surface area contributed by atoms with E-state index in [0.717, 1.165) is 23.6 Å². The summed E-state index contributed by atoms with van der Waals surface area (Å²) < 4.78 is 11.3. The van der Waals surface area contributed by atoms with Crippen molar-refractivity contribution in [1.29, 1.82) is 0 Å². The van der Waals surface area contributed by atoms with Gasteiger partial charge in [0.15, 0.2) is 17.5 Å². The quantitative estimate of drug-likeness (QED) is 0.591. The molecule has 0 aromatic heterocycles. The first-order valence-electron chi connectivity index (χ1n) is 8.96. The van der Waals surface area contributed by atoms with Crippen molar-refractivity contribution in [2.75, 3.05) is 46.9 Å². The summed E-state index contributed by atoms with van der Waals surface area (Å²) >= 11 is 0. The van der Waals surface area contributed by atoms with E-state index in [2.05, 4.69) is 35.5 Å². The maximum Gasteiger partial charge on any atom is 0.243 e. The van der Waals surface area contributed by atoms with Gasteiger partial charge in [-0.2, -0.15) is 0 Å². The number of benzene rings is 1. The molecule has 0 fully saturated rings. The molecule has 1 amide bonds. The molecule has 0 unspecified atom stereocenters. The lowest BCUT2D eigenvalue weighted by molar-refractivity contribution is -0.127. The summed E-state index contributed by atoms with van der Waals surface area (Å²) in [6.45, 7) is 8.97. The van der Waals surface area contributed by atoms with Crippen LogP contribution in [-0.2, 0) is 10.2 Å². The second-order valence-corrected chi connectivity index (χ2v) is 7.08. The number of carbonyl (C=O) groups excluding carboxylic acids is 1. The highest BCUT2D eigenvalue weighted by Crippen LogP contribution is 2.34. The van der Waals surface area contributed by atoms with Gasteiger partial charge >= 0.3 is 0 Å². The molecule has 1 heterocycles. The van der Waals surface area contributed by atoms with Crippen LogP contribution in [0.1, 0.15) is 26.3 Å². The molecule has 2 rings (SSSR count). The van der Waals surface area contributed by atoms with E-state index in [1.165, 1.54) is 4.90 Å². The van der Waals surface area contributed by atoms with E-state index in [1.54, 1.807) is 14.1 Å². The Morgan fingerprint density at radius 3 is 2.54 bits per heavy atom. The lowest BCUT2D eigenvalue weighted by Gasteiger charge is -2.28. The normalized spacial score (nSPS) is 14.0. The Labute approximate surface area is 155 Å². The van der Waals surface area contributed by atoms with Crippen LogP contribution in [0.3, 0.4) is 0 Å². The molecular weight excluding hydrogens is 332 g/mol. The molecular formula is C19H30N4O3. The molecule has 0 bridgehead atoms. The average Bonchev–Trinajstić information content (AvgIpc) is 2.63. The van der Waals surface area contributed by atoms with Gasteiger partial charge in [-0.25, -0.2) is 4.99 Å². The van der Waals surface area contributed by atoms with Crippen molar-refractivity contribution in [1.82, 2.24) is 15.5 Å². The van der Waals surface area contributed by atoms with Gasteiger partial charge in [0.25, 0.3) is 0 Å². The minimum Gasteiger partial charge on any atom is -0.486 e. The number of hydrogen-bond donors (Lipinski definition) is 2. The van der Waals surface area contributed by atoms with Gasteiger partial charge < -0.3 is 25.0 Å². The number of nitrogens with one attached hydrogen (secondary N) is 2. The average molecular weight is 362 g/mol. The number of carbonyl (C=O) groups is 1. The lowest BCUT2D eigenvalue weighted by atomic mass is 9.84. The van der Waals surface area contributed by atoms with Crippen LogP contribution in [0.5, 0.6) is 11.5 Å². The lowest BCUT2D eigenvalue weighted by Crippen LogP contribution is -2.44. The van der Waals surface area contributed by atoms with Crippen LogP contribution in [0.25, 0.3) is 0 Å². The highest BCUT2D eigenvalue weighted by atomic mass is 16.6. The number of rotatable bonds is 6. The fourth-order valence-corrected chi connectivity index (χ4v) is 2.50. The van der Waals surface area contributed by atoms with E-state index < -0.39 is 0 Å². The third kappa shape index (κ3) is 5.28. The number of aliphatic imine (C=N–C) groups is 1. The molecule has 26 heavy (non-hydrogen) atoms. The van der Waals surface area contributed by atoms with Gasteiger partial charge in [0.2, 0.25) is 5.91 Å². The molecule has 7 heteroatoms. The smallest absolute Gasteiger partial charge is 0.243 e. The molecule has 0 radical (unpaired) electrons. The maximum absolute atomic E-state index is 11.7. The van der Waals surface area contributed by atoms with Crippen LogP contribution in [0.2, 0.25) is 0 Å². The molecule has 0 saturated carbocycles. The Hall–Kier alpha value is -2.44. The van der Waals surface area contributed by atoms with Crippen molar-refractivity contribution in [3.63, 3.8) is 0 Å². The molecule has 1 aromatic carbocycles. The molecule has 0 spiro atoms. The van der Waals surface area contributed by atoms with Gasteiger partial charge in [0.1, 0.15) is 19.8 Å². The van der Waals surface area contributed by atoms with Crippen LogP contribution >= 0.6 is 0 Å². The Morgan fingerprint density at radius 2 is 1.88 bits per heavy atom. The van der Waals surface area contributed by atoms with Gasteiger partial charge in [-0.3, -0.25) is 4.79 Å². The molecule has 2 N–H and O–H groups in total. The number of likely N-dealkylation sites (N-methyl/N-ethyl adjacent to an activating group) is 1. The Bertz CT molecular complexity index is 656. The minimum absolute atomic E-state index is 0.0340. The first kappa shape index (κ1) is 19.9. The summed E-state index contributed by atoms with van der Waals surface area (Å²) in [5.41, 5.74) is 0.992. The minimum atomic E-state index is -0.155. The highest BCUT2D eigenvalue weighted by Gasteiger charge is 2.24. The van der Waals surface area contributed by atoms with E-state index in [-0.39, 0.29) is 17.9 Å². The third-order valence-electron chi connectivity index (χ3n) is 4.24. The van der Waals surface area contributed by atoms with Crippen molar-refractivity contribution >= 4 is 11.9 Å². The maximum atomic E-state index is 11.7. The molecule has 0 atom stereocenters. The van der Waals surface area contributed by atoms with Crippen LogP contribution in [0.15, 0.2) is 23.2 Å². The molecule has 144 valence electrons. The molecule has 1 aliphatic heterocycles. The van der Waals surface area contributed by atoms with Gasteiger partial charge in [-0.15, -0.1) is 0 Å². The summed E-state index contributed by atoms with van der Waals surface area (Å²) in [7, 11) is 3.45. The van der Waals surface area contributed by atoms with E-state index in [9.17, 15) is 4.79 Å². The second-order valence-electron chi connectivity index (χ2n) is 7.08. The van der Waals surface area contributed by atoms with Crippen LogP contribution < -0.4 is 20.1 Å². The van der Waals surface area contributed by atoms with Crippen LogP contribution in [0.4, 0.5) is 0 Å². The van der Waals surface area contributed by atoms with Gasteiger partial charge in [-0.05, 0) is 24.6 Å². The molecule has 1 aliphatic rings. The summed E-state index contributed by atoms with van der Waals surface area (Å²) in [4.78, 5) is 17.6. The number of fused-ring (bicyclic) bond motifs is 1. The Morgan fingerprint density at radius 1 is 1.19 bits per heavy atom. The van der Waals surface area contributed by atoms with E-state index >= 15 is 0 Å². The van der Waals surface area contributed by atoms with Crippen LogP contribution in [0, 0.1) is 0 Å². The monoisotopic (exact) mass is 362 g/mol. The predicted octanol–water partition coefficient (Wildman–Crippen LogP) is 1.38. The number of ether oxygens (including phenoxy) is 2. The van der Waals surface area contributed by atoms with Crippen LogP contribution in [-0.4, -0.2) is 63.7 Å². The predicted molar refractivity (Wildman–Crippen MR) is 103 cm³/mol. The first-order valence-corrected chi connectivity index (χ1v) is 8.96. The largest absolute Gasteiger partial charge is 0.486 e. The Balaban J connectivity index is 2.04. The standard InChI is InChI=1S/C19H30N4O3/c1-6-20-18(21-12-17(24)23(4)5)22-13-19(2,3)14-7-8-15-16(11-14)26-10-9-25-15/h7-8,11H,6,9-10,12-13H2,1-5H3,(H2,20,21,22). The SMILES string of the molecule is CCNC(=NCC(=O)N(C)C)NCC(C)(C)c1ccc2c(c1)OCCO2. The zero-order valence-corrected chi connectivity index (χ0v) is 16.4. The first-order chi connectivity index (χ1) is 12.3. The Kier molecular flexibility index (Phi) is 6.71. The van der Waals surface area contributed by atoms with Gasteiger partial charge in [-0.1, -0.05) is 19.9 Å². The molecule has 1 aromatic rings.